The molecule has 0 aliphatic heterocycles. The van der Waals surface area contributed by atoms with Crippen molar-refractivity contribution in [1.82, 2.24) is 4.98 Å². The summed E-state index contributed by atoms with van der Waals surface area (Å²) in [5, 5.41) is 18.6. The lowest BCUT2D eigenvalue weighted by Gasteiger charge is -2.11. The summed E-state index contributed by atoms with van der Waals surface area (Å²) in [4.78, 5) is 6.72. The molecule has 5 heteroatoms. The van der Waals surface area contributed by atoms with E-state index in [1.54, 1.807) is 17.4 Å². The quantitative estimate of drug-likeness (QED) is 0.620. The molecule has 0 radical (unpaired) electrons. The Balaban J connectivity index is 1.79. The third-order valence-corrected chi connectivity index (χ3v) is 4.80. The van der Waals surface area contributed by atoms with Crippen molar-refractivity contribution in [1.29, 1.82) is 10.5 Å². The largest absolute Gasteiger partial charge is 0.378 e. The maximum absolute atomic E-state index is 8.80. The second-order valence-electron chi connectivity index (χ2n) is 5.88. The van der Waals surface area contributed by atoms with E-state index in [1.807, 2.05) is 68.7 Å². The van der Waals surface area contributed by atoms with Gasteiger partial charge in [0.2, 0.25) is 0 Å². The van der Waals surface area contributed by atoms with E-state index in [1.165, 1.54) is 0 Å². The van der Waals surface area contributed by atoms with Crippen LogP contribution in [0, 0.1) is 22.7 Å². The number of allylic oxidation sites excluding steroid dienone is 1. The molecule has 0 fully saturated rings. The van der Waals surface area contributed by atoms with Gasteiger partial charge in [-0.25, -0.2) is 4.98 Å². The van der Waals surface area contributed by atoms with Crippen molar-refractivity contribution >= 4 is 45.5 Å². The number of anilines is 1. The highest BCUT2D eigenvalue weighted by Crippen LogP contribution is 2.27. The maximum atomic E-state index is 8.80. The first kappa shape index (κ1) is 17.4. The minimum atomic E-state index is 0.0971. The molecule has 1 aromatic heterocycles. The molecule has 0 saturated heterocycles. The van der Waals surface area contributed by atoms with Crippen LogP contribution in [0.25, 0.3) is 28.4 Å². The Hall–Kier alpha value is -3.41. The molecule has 26 heavy (non-hydrogen) atoms. The summed E-state index contributed by atoms with van der Waals surface area (Å²) in [5.41, 5.74) is 4.12. The summed E-state index contributed by atoms with van der Waals surface area (Å²) in [7, 11) is 4.05. The number of rotatable bonds is 4. The van der Waals surface area contributed by atoms with E-state index in [9.17, 15) is 0 Å². The third-order valence-electron chi connectivity index (χ3n) is 3.81. The lowest BCUT2D eigenvalue weighted by molar-refractivity contribution is 1.14. The predicted octanol–water partition coefficient (Wildman–Crippen LogP) is 4.96. The molecule has 0 saturated carbocycles. The van der Waals surface area contributed by atoms with Crippen LogP contribution < -0.4 is 4.90 Å². The summed E-state index contributed by atoms with van der Waals surface area (Å²) in [6.45, 7) is 0. The average Bonchev–Trinajstić information content (AvgIpc) is 3.07. The standard InChI is InChI=1S/C21H16N4S/c1-25(2)18-8-9-19-20(12-18)26-21(24-19)10-7-15-3-5-16(6-4-15)11-17(13-22)14-23/h3-12H,1-2H3/b10-7+. The first-order chi connectivity index (χ1) is 12.6. The number of nitrogens with zero attached hydrogens (tertiary/aromatic N) is 4. The molecular formula is C21H16N4S. The van der Waals surface area contributed by atoms with E-state index in [0.29, 0.717) is 0 Å². The molecule has 1 heterocycles. The fourth-order valence-electron chi connectivity index (χ4n) is 2.41. The number of hydrogen-bond acceptors (Lipinski definition) is 5. The van der Waals surface area contributed by atoms with Crippen molar-refractivity contribution in [3.63, 3.8) is 0 Å². The summed E-state index contributed by atoms with van der Waals surface area (Å²) >= 11 is 1.66. The number of hydrogen-bond donors (Lipinski definition) is 0. The normalized spacial score (nSPS) is 10.5. The fraction of sp³-hybridized carbons (Fsp3) is 0.0952. The monoisotopic (exact) mass is 356 g/mol. The van der Waals surface area contributed by atoms with Gasteiger partial charge in [0.05, 0.1) is 10.2 Å². The Kier molecular flexibility index (Phi) is 5.12. The average molecular weight is 356 g/mol. The first-order valence-corrected chi connectivity index (χ1v) is 8.78. The van der Waals surface area contributed by atoms with Gasteiger partial charge in [-0.15, -0.1) is 11.3 Å². The van der Waals surface area contributed by atoms with Crippen molar-refractivity contribution < 1.29 is 0 Å². The molecule has 0 unspecified atom stereocenters. The molecule has 0 spiro atoms. The summed E-state index contributed by atoms with van der Waals surface area (Å²) in [6.07, 6.45) is 5.58. The van der Waals surface area contributed by atoms with E-state index < -0.39 is 0 Å². The highest BCUT2D eigenvalue weighted by Gasteiger charge is 2.04. The van der Waals surface area contributed by atoms with Crippen LogP contribution in [-0.4, -0.2) is 19.1 Å². The summed E-state index contributed by atoms with van der Waals surface area (Å²) in [6, 6.07) is 17.7. The van der Waals surface area contributed by atoms with Crippen LogP contribution in [0.3, 0.4) is 0 Å². The van der Waals surface area contributed by atoms with Gasteiger partial charge in [-0.3, -0.25) is 0 Å². The van der Waals surface area contributed by atoms with Crippen molar-refractivity contribution in [3.05, 3.63) is 64.2 Å². The number of fused-ring (bicyclic) bond motifs is 1. The van der Waals surface area contributed by atoms with Crippen LogP contribution >= 0.6 is 11.3 Å². The molecule has 126 valence electrons. The molecule has 0 amide bonds. The molecule has 3 aromatic rings. The molecule has 0 N–H and O–H groups in total. The van der Waals surface area contributed by atoms with Crippen LogP contribution in [0.4, 0.5) is 5.69 Å². The molecule has 3 rings (SSSR count). The second-order valence-corrected chi connectivity index (χ2v) is 6.94. The zero-order valence-corrected chi connectivity index (χ0v) is 15.3. The number of thiazole rings is 1. The highest BCUT2D eigenvalue weighted by molar-refractivity contribution is 7.19. The topological polar surface area (TPSA) is 63.7 Å². The van der Waals surface area contributed by atoms with Crippen LogP contribution in [-0.2, 0) is 0 Å². The number of nitriles is 2. The molecule has 0 aliphatic carbocycles. The molecule has 0 atom stereocenters. The third kappa shape index (κ3) is 3.97. The van der Waals surface area contributed by atoms with E-state index in [0.717, 1.165) is 32.0 Å². The van der Waals surface area contributed by atoms with Crippen molar-refractivity contribution in [3.8, 4) is 12.1 Å². The molecule has 4 nitrogen and oxygen atoms in total. The lowest BCUT2D eigenvalue weighted by Crippen LogP contribution is -2.07. The van der Waals surface area contributed by atoms with Gasteiger partial charge in [-0.05, 0) is 41.5 Å². The van der Waals surface area contributed by atoms with Gasteiger partial charge in [-0.1, -0.05) is 30.3 Å². The second kappa shape index (κ2) is 7.65. The Morgan fingerprint density at radius 3 is 2.35 bits per heavy atom. The molecule has 2 aromatic carbocycles. The van der Waals surface area contributed by atoms with Gasteiger partial charge in [0.1, 0.15) is 22.7 Å². The predicted molar refractivity (Wildman–Crippen MR) is 109 cm³/mol. The summed E-state index contributed by atoms with van der Waals surface area (Å²) in [5.74, 6) is 0. The van der Waals surface area contributed by atoms with Crippen molar-refractivity contribution in [2.75, 3.05) is 19.0 Å². The first-order valence-electron chi connectivity index (χ1n) is 7.97. The zero-order chi connectivity index (χ0) is 18.5. The lowest BCUT2D eigenvalue weighted by atomic mass is 10.1. The van der Waals surface area contributed by atoms with Gasteiger partial charge >= 0.3 is 0 Å². The maximum Gasteiger partial charge on any atom is 0.130 e. The van der Waals surface area contributed by atoms with Gasteiger partial charge in [0, 0.05) is 19.8 Å². The smallest absolute Gasteiger partial charge is 0.130 e. The van der Waals surface area contributed by atoms with Gasteiger partial charge in [0.25, 0.3) is 0 Å². The van der Waals surface area contributed by atoms with Crippen LogP contribution in [0.15, 0.2) is 48.0 Å². The Labute approximate surface area is 156 Å². The SMILES string of the molecule is CN(C)c1ccc2nc(/C=C/c3ccc(C=C(C#N)C#N)cc3)sc2c1. The number of benzene rings is 2. The van der Waals surface area contributed by atoms with Crippen LogP contribution in [0.2, 0.25) is 0 Å². The minimum Gasteiger partial charge on any atom is -0.378 e. The molecule has 0 aliphatic rings. The van der Waals surface area contributed by atoms with Crippen LogP contribution in [0.1, 0.15) is 16.1 Å². The molecule has 0 bridgehead atoms. The van der Waals surface area contributed by atoms with Gasteiger partial charge < -0.3 is 4.90 Å². The van der Waals surface area contributed by atoms with E-state index in [2.05, 4.69) is 22.0 Å². The van der Waals surface area contributed by atoms with E-state index in [-0.39, 0.29) is 5.57 Å². The van der Waals surface area contributed by atoms with E-state index in [4.69, 9.17) is 10.5 Å². The fourth-order valence-corrected chi connectivity index (χ4v) is 3.31. The highest BCUT2D eigenvalue weighted by atomic mass is 32.1. The molecular weight excluding hydrogens is 340 g/mol. The minimum absolute atomic E-state index is 0.0971. The Bertz CT molecular complexity index is 1060. The van der Waals surface area contributed by atoms with E-state index >= 15 is 0 Å². The summed E-state index contributed by atoms with van der Waals surface area (Å²) < 4.78 is 1.16. The van der Waals surface area contributed by atoms with Gasteiger partial charge in [-0.2, -0.15) is 10.5 Å². The van der Waals surface area contributed by atoms with Crippen molar-refractivity contribution in [2.45, 2.75) is 0 Å². The Morgan fingerprint density at radius 2 is 1.69 bits per heavy atom. The van der Waals surface area contributed by atoms with Crippen LogP contribution in [0.5, 0.6) is 0 Å². The Morgan fingerprint density at radius 1 is 1.00 bits per heavy atom. The van der Waals surface area contributed by atoms with Crippen molar-refractivity contribution in [2.24, 2.45) is 0 Å². The van der Waals surface area contributed by atoms with Gasteiger partial charge in [0.15, 0.2) is 0 Å². The number of aromatic nitrogens is 1. The zero-order valence-electron chi connectivity index (χ0n) is 14.5.